The maximum absolute atomic E-state index is 12.0. The Labute approximate surface area is 133 Å². The second-order valence-corrected chi connectivity index (χ2v) is 5.88. The Morgan fingerprint density at radius 3 is 2.78 bits per heavy atom. The fourth-order valence-corrected chi connectivity index (χ4v) is 3.34. The molecule has 3 rings (SSSR count). The Hall–Kier alpha value is -2.63. The first-order chi connectivity index (χ1) is 11.1. The number of rotatable bonds is 3. The van der Waals surface area contributed by atoms with Crippen LogP contribution in [0.25, 0.3) is 0 Å². The smallest absolute Gasteiger partial charge is 0.407 e. The minimum absolute atomic E-state index is 0.0612. The van der Waals surface area contributed by atoms with Crippen LogP contribution in [0.1, 0.15) is 29.9 Å². The summed E-state index contributed by atoms with van der Waals surface area (Å²) in [5.41, 5.74) is 1.62. The molecule has 0 spiro atoms. The molecular weight excluding hydrogens is 294 g/mol. The third-order valence-electron chi connectivity index (χ3n) is 4.47. The predicted molar refractivity (Wildman–Crippen MR) is 85.5 cm³/mol. The molecule has 1 aromatic carbocycles. The Bertz CT molecular complexity index is 729. The molecule has 0 radical (unpaired) electrons. The molecule has 2 aromatic rings. The van der Waals surface area contributed by atoms with E-state index < -0.39 is 6.09 Å². The van der Waals surface area contributed by atoms with Crippen molar-refractivity contribution in [3.8, 4) is 0 Å². The predicted octanol–water partition coefficient (Wildman–Crippen LogP) is 2.24. The quantitative estimate of drug-likeness (QED) is 0.910. The largest absolute Gasteiger partial charge is 0.465 e. The van der Waals surface area contributed by atoms with E-state index in [0.29, 0.717) is 31.4 Å². The summed E-state index contributed by atoms with van der Waals surface area (Å²) >= 11 is 0. The van der Waals surface area contributed by atoms with Crippen LogP contribution in [0.15, 0.2) is 47.4 Å². The molecule has 2 N–H and O–H groups in total. The molecule has 1 saturated heterocycles. The van der Waals surface area contributed by atoms with Crippen molar-refractivity contribution in [2.45, 2.75) is 31.2 Å². The lowest BCUT2D eigenvalue weighted by Crippen LogP contribution is -2.46. The summed E-state index contributed by atoms with van der Waals surface area (Å²) in [5.74, 6) is 0.0612. The number of piperidine rings is 1. The van der Waals surface area contributed by atoms with Gasteiger partial charge in [-0.05, 0) is 36.8 Å². The number of benzene rings is 1. The number of carbonyl (C=O) groups is 1. The van der Waals surface area contributed by atoms with Crippen molar-refractivity contribution >= 4 is 6.09 Å². The lowest BCUT2D eigenvalue weighted by molar-refractivity contribution is 0.100. The van der Waals surface area contributed by atoms with Gasteiger partial charge in [0.25, 0.3) is 5.56 Å². The van der Waals surface area contributed by atoms with E-state index in [1.54, 1.807) is 12.3 Å². The van der Waals surface area contributed by atoms with Gasteiger partial charge >= 0.3 is 6.09 Å². The summed E-state index contributed by atoms with van der Waals surface area (Å²) in [4.78, 5) is 25.0. The minimum atomic E-state index is -0.895. The van der Waals surface area contributed by atoms with Crippen LogP contribution < -0.4 is 5.56 Å². The molecule has 0 aliphatic carbocycles. The first kappa shape index (κ1) is 15.3. The van der Waals surface area contributed by atoms with Crippen molar-refractivity contribution in [2.24, 2.45) is 0 Å². The van der Waals surface area contributed by atoms with Crippen molar-refractivity contribution in [2.75, 3.05) is 6.54 Å². The highest BCUT2D eigenvalue weighted by Crippen LogP contribution is 2.31. The SMILES string of the molecule is O=C(O)N1CCC(c2ccn[nH]c2=O)CC1Cc1ccccc1. The van der Waals surface area contributed by atoms with Gasteiger partial charge in [0.2, 0.25) is 0 Å². The van der Waals surface area contributed by atoms with E-state index in [0.717, 1.165) is 5.56 Å². The summed E-state index contributed by atoms with van der Waals surface area (Å²) < 4.78 is 0. The standard InChI is InChI=1S/C17H19N3O3/c21-16-15(6-8-18-19-16)13-7-9-20(17(22)23)14(11-13)10-12-4-2-1-3-5-12/h1-6,8,13-14H,7,9-11H2,(H,19,21)(H,22,23). The molecule has 120 valence electrons. The average molecular weight is 313 g/mol. The summed E-state index contributed by atoms with van der Waals surface area (Å²) in [5, 5.41) is 15.6. The Morgan fingerprint density at radius 2 is 2.09 bits per heavy atom. The summed E-state index contributed by atoms with van der Waals surface area (Å²) in [6.45, 7) is 0.444. The number of amides is 1. The molecule has 0 bridgehead atoms. The minimum Gasteiger partial charge on any atom is -0.465 e. The Kier molecular flexibility index (Phi) is 4.41. The number of carboxylic acid groups (broad SMARTS) is 1. The summed E-state index contributed by atoms with van der Waals surface area (Å²) in [6.07, 6.45) is 2.64. The molecule has 1 aliphatic rings. The second-order valence-electron chi connectivity index (χ2n) is 5.88. The number of hydrogen-bond acceptors (Lipinski definition) is 3. The molecule has 2 heterocycles. The Balaban J connectivity index is 1.82. The van der Waals surface area contributed by atoms with E-state index in [-0.39, 0.29) is 17.5 Å². The molecule has 1 amide bonds. The number of aromatic amines is 1. The van der Waals surface area contributed by atoms with Gasteiger partial charge in [-0.2, -0.15) is 5.10 Å². The van der Waals surface area contributed by atoms with Crippen LogP contribution >= 0.6 is 0 Å². The lowest BCUT2D eigenvalue weighted by Gasteiger charge is -2.37. The zero-order valence-electron chi connectivity index (χ0n) is 12.7. The molecule has 23 heavy (non-hydrogen) atoms. The van der Waals surface area contributed by atoms with E-state index in [1.165, 1.54) is 4.90 Å². The van der Waals surface area contributed by atoms with E-state index in [9.17, 15) is 14.7 Å². The van der Waals surface area contributed by atoms with Gasteiger partial charge in [0, 0.05) is 24.3 Å². The molecular formula is C17H19N3O3. The molecule has 1 fully saturated rings. The van der Waals surface area contributed by atoms with Gasteiger partial charge in [0.1, 0.15) is 0 Å². The summed E-state index contributed by atoms with van der Waals surface area (Å²) in [6, 6.07) is 11.5. The fourth-order valence-electron chi connectivity index (χ4n) is 3.34. The Morgan fingerprint density at radius 1 is 1.30 bits per heavy atom. The van der Waals surface area contributed by atoms with Crippen molar-refractivity contribution in [3.05, 3.63) is 64.1 Å². The van der Waals surface area contributed by atoms with Gasteiger partial charge in [-0.3, -0.25) is 4.79 Å². The molecule has 2 unspecified atom stereocenters. The number of nitrogens with zero attached hydrogens (tertiary/aromatic N) is 2. The highest BCUT2D eigenvalue weighted by molar-refractivity contribution is 5.65. The van der Waals surface area contributed by atoms with Crippen molar-refractivity contribution in [1.82, 2.24) is 15.1 Å². The zero-order chi connectivity index (χ0) is 16.2. The van der Waals surface area contributed by atoms with Crippen LogP contribution in [0.2, 0.25) is 0 Å². The van der Waals surface area contributed by atoms with Crippen molar-refractivity contribution in [1.29, 1.82) is 0 Å². The maximum Gasteiger partial charge on any atom is 0.407 e. The van der Waals surface area contributed by atoms with Crippen LogP contribution in [0, 0.1) is 0 Å². The molecule has 2 atom stereocenters. The van der Waals surface area contributed by atoms with Gasteiger partial charge in [0.15, 0.2) is 0 Å². The number of aromatic nitrogens is 2. The number of likely N-dealkylation sites (tertiary alicyclic amines) is 1. The molecule has 6 heteroatoms. The summed E-state index contributed by atoms with van der Waals surface area (Å²) in [7, 11) is 0. The van der Waals surface area contributed by atoms with Crippen LogP contribution in [-0.4, -0.2) is 38.9 Å². The zero-order valence-corrected chi connectivity index (χ0v) is 12.7. The molecule has 0 saturated carbocycles. The lowest BCUT2D eigenvalue weighted by atomic mass is 9.84. The second kappa shape index (κ2) is 6.64. The highest BCUT2D eigenvalue weighted by atomic mass is 16.4. The first-order valence-corrected chi connectivity index (χ1v) is 7.72. The number of hydrogen-bond donors (Lipinski definition) is 2. The van der Waals surface area contributed by atoms with E-state index in [2.05, 4.69) is 10.2 Å². The van der Waals surface area contributed by atoms with Gasteiger partial charge < -0.3 is 10.0 Å². The van der Waals surface area contributed by atoms with E-state index in [1.807, 2.05) is 30.3 Å². The van der Waals surface area contributed by atoms with Crippen LogP contribution in [0.3, 0.4) is 0 Å². The van der Waals surface area contributed by atoms with Crippen LogP contribution in [0.4, 0.5) is 4.79 Å². The maximum atomic E-state index is 12.0. The van der Waals surface area contributed by atoms with E-state index >= 15 is 0 Å². The van der Waals surface area contributed by atoms with E-state index in [4.69, 9.17) is 0 Å². The highest BCUT2D eigenvalue weighted by Gasteiger charge is 2.33. The topological polar surface area (TPSA) is 86.3 Å². The normalized spacial score (nSPS) is 21.1. The van der Waals surface area contributed by atoms with Crippen molar-refractivity contribution in [3.63, 3.8) is 0 Å². The average Bonchev–Trinajstić information content (AvgIpc) is 2.56. The van der Waals surface area contributed by atoms with Crippen molar-refractivity contribution < 1.29 is 9.90 Å². The van der Waals surface area contributed by atoms with Gasteiger partial charge in [0.05, 0.1) is 0 Å². The molecule has 1 aliphatic heterocycles. The number of nitrogens with one attached hydrogen (secondary N) is 1. The monoisotopic (exact) mass is 313 g/mol. The van der Waals surface area contributed by atoms with Gasteiger partial charge in [-0.15, -0.1) is 0 Å². The fraction of sp³-hybridized carbons (Fsp3) is 0.353. The van der Waals surface area contributed by atoms with Gasteiger partial charge in [-0.1, -0.05) is 30.3 Å². The third-order valence-corrected chi connectivity index (χ3v) is 4.47. The van der Waals surface area contributed by atoms with Crippen LogP contribution in [-0.2, 0) is 6.42 Å². The molecule has 1 aromatic heterocycles. The van der Waals surface area contributed by atoms with Crippen LogP contribution in [0.5, 0.6) is 0 Å². The molecule has 6 nitrogen and oxygen atoms in total. The van der Waals surface area contributed by atoms with Gasteiger partial charge in [-0.25, -0.2) is 9.89 Å². The third kappa shape index (κ3) is 3.41. The number of H-pyrrole nitrogens is 1. The first-order valence-electron chi connectivity index (χ1n) is 7.72.